The van der Waals surface area contributed by atoms with Gasteiger partial charge in [0.05, 0.1) is 16.8 Å². The van der Waals surface area contributed by atoms with Gasteiger partial charge in [-0.1, -0.05) is 30.7 Å². The lowest BCUT2D eigenvalue weighted by atomic mass is 10.0. The number of benzene rings is 1. The molecule has 0 saturated heterocycles. The third-order valence-corrected chi connectivity index (χ3v) is 4.15. The molecule has 0 aliphatic heterocycles. The number of nitrogens with one attached hydrogen (secondary N) is 1. The zero-order valence-electron chi connectivity index (χ0n) is 11.4. The third kappa shape index (κ3) is 4.43. The summed E-state index contributed by atoms with van der Waals surface area (Å²) in [6.45, 7) is 3.12. The van der Waals surface area contributed by atoms with Crippen LogP contribution in [0.5, 0.6) is 0 Å². The molecule has 1 N–H and O–H groups in total. The maximum Gasteiger partial charge on any atom is 0.0762 e. The highest BCUT2D eigenvalue weighted by Crippen LogP contribution is 2.24. The van der Waals surface area contributed by atoms with E-state index in [1.54, 1.807) is 6.20 Å². The fourth-order valence-electron chi connectivity index (χ4n) is 2.09. The van der Waals surface area contributed by atoms with E-state index in [-0.39, 0.29) is 6.04 Å². The van der Waals surface area contributed by atoms with Crippen LogP contribution in [0, 0.1) is 3.57 Å². The highest BCUT2D eigenvalue weighted by Gasteiger charge is 2.15. The molecule has 0 aliphatic carbocycles. The molecule has 106 valence electrons. The van der Waals surface area contributed by atoms with Crippen LogP contribution < -0.4 is 5.32 Å². The SMILES string of the molecule is CCCNC(Cc1ccc(I)cc1)c1ncccc1Cl. The largest absolute Gasteiger partial charge is 0.308 e. The van der Waals surface area contributed by atoms with E-state index in [0.717, 1.165) is 30.1 Å². The van der Waals surface area contributed by atoms with E-state index in [4.69, 9.17) is 11.6 Å². The van der Waals surface area contributed by atoms with Crippen LogP contribution >= 0.6 is 34.2 Å². The second kappa shape index (κ2) is 7.96. The Morgan fingerprint density at radius 1 is 1.25 bits per heavy atom. The summed E-state index contributed by atoms with van der Waals surface area (Å²) in [5.74, 6) is 0. The van der Waals surface area contributed by atoms with Gasteiger partial charge in [0.1, 0.15) is 0 Å². The van der Waals surface area contributed by atoms with Crippen molar-refractivity contribution >= 4 is 34.2 Å². The average molecular weight is 401 g/mol. The molecular weight excluding hydrogens is 383 g/mol. The number of pyridine rings is 1. The Bertz CT molecular complexity index is 542. The van der Waals surface area contributed by atoms with Crippen molar-refractivity contribution in [3.63, 3.8) is 0 Å². The van der Waals surface area contributed by atoms with Crippen molar-refractivity contribution in [1.82, 2.24) is 10.3 Å². The van der Waals surface area contributed by atoms with E-state index in [1.807, 2.05) is 12.1 Å². The Hall–Kier alpha value is -0.650. The predicted octanol–water partition coefficient (Wildman–Crippen LogP) is 4.62. The van der Waals surface area contributed by atoms with Crippen LogP contribution in [0.2, 0.25) is 5.02 Å². The molecule has 0 bridgehead atoms. The molecule has 20 heavy (non-hydrogen) atoms. The van der Waals surface area contributed by atoms with Crippen molar-refractivity contribution in [2.75, 3.05) is 6.54 Å². The molecule has 4 heteroatoms. The zero-order chi connectivity index (χ0) is 14.4. The second-order valence-electron chi connectivity index (χ2n) is 4.71. The van der Waals surface area contributed by atoms with E-state index >= 15 is 0 Å². The molecule has 0 fully saturated rings. The number of nitrogens with zero attached hydrogens (tertiary/aromatic N) is 1. The summed E-state index contributed by atoms with van der Waals surface area (Å²) in [5, 5.41) is 4.27. The van der Waals surface area contributed by atoms with Gasteiger partial charge in [-0.2, -0.15) is 0 Å². The maximum atomic E-state index is 6.29. The molecule has 2 aromatic rings. The van der Waals surface area contributed by atoms with Gasteiger partial charge in [0.2, 0.25) is 0 Å². The van der Waals surface area contributed by atoms with E-state index in [1.165, 1.54) is 9.13 Å². The second-order valence-corrected chi connectivity index (χ2v) is 6.36. The molecular formula is C16H18ClIN2. The van der Waals surface area contributed by atoms with Gasteiger partial charge in [-0.25, -0.2) is 0 Å². The van der Waals surface area contributed by atoms with Crippen molar-refractivity contribution in [2.45, 2.75) is 25.8 Å². The first-order valence-corrected chi connectivity index (χ1v) is 8.24. The number of hydrogen-bond donors (Lipinski definition) is 1. The topological polar surface area (TPSA) is 24.9 Å². The fourth-order valence-corrected chi connectivity index (χ4v) is 2.71. The quantitative estimate of drug-likeness (QED) is 0.716. The lowest BCUT2D eigenvalue weighted by Crippen LogP contribution is -2.25. The molecule has 0 spiro atoms. The summed E-state index contributed by atoms with van der Waals surface area (Å²) in [7, 11) is 0. The predicted molar refractivity (Wildman–Crippen MR) is 93.1 cm³/mol. The first-order valence-electron chi connectivity index (χ1n) is 6.79. The summed E-state index contributed by atoms with van der Waals surface area (Å²) in [6, 6.07) is 12.5. The van der Waals surface area contributed by atoms with Gasteiger partial charge in [-0.05, 0) is 71.8 Å². The Balaban J connectivity index is 2.19. The van der Waals surface area contributed by atoms with Crippen LogP contribution in [0.15, 0.2) is 42.6 Å². The average Bonchev–Trinajstić information content (AvgIpc) is 2.46. The molecule has 1 aromatic carbocycles. The van der Waals surface area contributed by atoms with E-state index in [9.17, 15) is 0 Å². The Kier molecular flexibility index (Phi) is 6.26. The third-order valence-electron chi connectivity index (χ3n) is 3.11. The first kappa shape index (κ1) is 15.7. The lowest BCUT2D eigenvalue weighted by molar-refractivity contribution is 0.518. The fraction of sp³-hybridized carbons (Fsp3) is 0.312. The number of aromatic nitrogens is 1. The van der Waals surface area contributed by atoms with Crippen molar-refractivity contribution < 1.29 is 0 Å². The minimum atomic E-state index is 0.156. The minimum absolute atomic E-state index is 0.156. The summed E-state index contributed by atoms with van der Waals surface area (Å²) in [4.78, 5) is 4.45. The van der Waals surface area contributed by atoms with Gasteiger partial charge in [-0.15, -0.1) is 0 Å². The van der Waals surface area contributed by atoms with E-state index in [0.29, 0.717) is 0 Å². The number of rotatable bonds is 6. The standard InChI is InChI=1S/C16H18ClIN2/c1-2-9-19-15(16-14(17)4-3-10-20-16)11-12-5-7-13(18)8-6-12/h3-8,10,15,19H,2,9,11H2,1H3. The maximum absolute atomic E-state index is 6.29. The normalized spacial score (nSPS) is 12.3. The highest BCUT2D eigenvalue weighted by molar-refractivity contribution is 14.1. The van der Waals surface area contributed by atoms with Gasteiger partial charge in [0, 0.05) is 9.77 Å². The first-order chi connectivity index (χ1) is 9.70. The Labute approximate surface area is 139 Å². The molecule has 2 rings (SSSR count). The number of hydrogen-bond acceptors (Lipinski definition) is 2. The van der Waals surface area contributed by atoms with E-state index < -0.39 is 0 Å². The number of halogens is 2. The zero-order valence-corrected chi connectivity index (χ0v) is 14.4. The highest BCUT2D eigenvalue weighted by atomic mass is 127. The van der Waals surface area contributed by atoms with Crippen LogP contribution in [0.1, 0.15) is 30.6 Å². The van der Waals surface area contributed by atoms with Gasteiger partial charge in [0.25, 0.3) is 0 Å². The molecule has 0 saturated carbocycles. The van der Waals surface area contributed by atoms with Gasteiger partial charge in [-0.3, -0.25) is 4.98 Å². The molecule has 0 radical (unpaired) electrons. The molecule has 1 heterocycles. The van der Waals surface area contributed by atoms with Crippen LogP contribution in [-0.4, -0.2) is 11.5 Å². The Morgan fingerprint density at radius 3 is 2.65 bits per heavy atom. The molecule has 0 amide bonds. The monoisotopic (exact) mass is 400 g/mol. The minimum Gasteiger partial charge on any atom is -0.308 e. The van der Waals surface area contributed by atoms with Crippen LogP contribution in [0.25, 0.3) is 0 Å². The van der Waals surface area contributed by atoms with Crippen molar-refractivity contribution in [1.29, 1.82) is 0 Å². The van der Waals surface area contributed by atoms with Gasteiger partial charge < -0.3 is 5.32 Å². The summed E-state index contributed by atoms with van der Waals surface area (Å²) in [6.07, 6.45) is 3.79. The Morgan fingerprint density at radius 2 is 2.00 bits per heavy atom. The lowest BCUT2D eigenvalue weighted by Gasteiger charge is -2.19. The van der Waals surface area contributed by atoms with Crippen LogP contribution in [-0.2, 0) is 6.42 Å². The molecule has 1 atom stereocenters. The molecule has 1 unspecified atom stereocenters. The van der Waals surface area contributed by atoms with Crippen LogP contribution in [0.3, 0.4) is 0 Å². The summed E-state index contributed by atoms with van der Waals surface area (Å²) in [5.41, 5.74) is 2.22. The van der Waals surface area contributed by atoms with Crippen molar-refractivity contribution in [2.24, 2.45) is 0 Å². The van der Waals surface area contributed by atoms with Crippen LogP contribution in [0.4, 0.5) is 0 Å². The smallest absolute Gasteiger partial charge is 0.0762 e. The van der Waals surface area contributed by atoms with Crippen molar-refractivity contribution in [3.05, 3.63) is 62.4 Å². The molecule has 0 aliphatic rings. The summed E-state index contributed by atoms with van der Waals surface area (Å²) < 4.78 is 1.25. The van der Waals surface area contributed by atoms with Gasteiger partial charge in [0.15, 0.2) is 0 Å². The van der Waals surface area contributed by atoms with Gasteiger partial charge >= 0.3 is 0 Å². The van der Waals surface area contributed by atoms with E-state index in [2.05, 4.69) is 64.1 Å². The molecule has 1 aromatic heterocycles. The van der Waals surface area contributed by atoms with Crippen molar-refractivity contribution in [3.8, 4) is 0 Å². The summed E-state index contributed by atoms with van der Waals surface area (Å²) >= 11 is 8.61. The molecule has 2 nitrogen and oxygen atoms in total.